The lowest BCUT2D eigenvalue weighted by Crippen LogP contribution is -2.49. The van der Waals surface area contributed by atoms with Crippen LogP contribution in [0.25, 0.3) is 0 Å². The number of rotatable bonds is 4. The topological polar surface area (TPSA) is 59.1 Å². The van der Waals surface area contributed by atoms with Gasteiger partial charge in [0.2, 0.25) is 0 Å². The number of carbonyl (C=O) groups excluding carboxylic acids is 2. The van der Waals surface area contributed by atoms with Crippen molar-refractivity contribution in [2.45, 2.75) is 71.9 Å². The third kappa shape index (κ3) is 8.68. The second kappa shape index (κ2) is 9.68. The predicted octanol–water partition coefficient (Wildman–Crippen LogP) is 4.64. The minimum absolute atomic E-state index is 0.236. The van der Waals surface area contributed by atoms with E-state index in [1.54, 1.807) is 52.5 Å². The molecule has 180 valence electrons. The van der Waals surface area contributed by atoms with E-state index >= 15 is 0 Å². The fraction of sp³-hybridized carbons (Fsp3) is 0.652. The van der Waals surface area contributed by atoms with Crippen molar-refractivity contribution in [1.29, 1.82) is 0 Å². The van der Waals surface area contributed by atoms with E-state index in [4.69, 9.17) is 9.47 Å². The van der Waals surface area contributed by atoms with Crippen LogP contribution < -0.4 is 0 Å². The number of halogens is 3. The zero-order valence-electron chi connectivity index (χ0n) is 19.6. The Balaban J connectivity index is 2.08. The van der Waals surface area contributed by atoms with Crippen LogP contribution in [-0.4, -0.2) is 59.2 Å². The highest BCUT2D eigenvalue weighted by atomic mass is 19.4. The second-order valence-electron chi connectivity index (χ2n) is 10.0. The van der Waals surface area contributed by atoms with Crippen molar-refractivity contribution in [2.75, 3.05) is 26.2 Å². The molecule has 1 fully saturated rings. The average molecular weight is 459 g/mol. The summed E-state index contributed by atoms with van der Waals surface area (Å²) in [5, 5.41) is 0. The highest BCUT2D eigenvalue weighted by molar-refractivity contribution is 5.73. The number of benzene rings is 1. The van der Waals surface area contributed by atoms with Crippen molar-refractivity contribution < 1.29 is 32.2 Å². The Morgan fingerprint density at radius 1 is 0.844 bits per heavy atom. The lowest BCUT2D eigenvalue weighted by atomic mass is 10.0. The normalized spacial score (nSPS) is 16.1. The minimum Gasteiger partial charge on any atom is -0.460 e. The summed E-state index contributed by atoms with van der Waals surface area (Å²) in [6, 6.07) is 3.71. The Morgan fingerprint density at radius 3 is 1.88 bits per heavy atom. The van der Waals surface area contributed by atoms with E-state index in [1.807, 2.05) is 4.90 Å². The molecule has 32 heavy (non-hydrogen) atoms. The van der Waals surface area contributed by atoms with Crippen LogP contribution in [0.4, 0.5) is 18.0 Å². The molecule has 0 atom stereocenters. The van der Waals surface area contributed by atoms with Gasteiger partial charge >= 0.3 is 18.2 Å². The number of esters is 1. The first kappa shape index (κ1) is 26.0. The number of hydrogen-bond donors (Lipinski definition) is 0. The Bertz CT molecular complexity index is 818. The minimum atomic E-state index is -4.52. The quantitative estimate of drug-likeness (QED) is 0.615. The zero-order valence-corrected chi connectivity index (χ0v) is 19.6. The fourth-order valence-corrected chi connectivity index (χ4v) is 3.34. The smallest absolute Gasteiger partial charge is 0.416 e. The van der Waals surface area contributed by atoms with E-state index in [9.17, 15) is 22.8 Å². The molecule has 0 radical (unpaired) electrons. The lowest BCUT2D eigenvalue weighted by Gasteiger charge is -2.35. The standard InChI is InChI=1S/C23H33F3N2O4/c1-21(2,3)31-19(29)14-16-11-17(13-18(12-16)23(24,25)26)15-27-7-9-28(10-8-27)20(30)32-22(4,5)6/h11-13H,7-10,14-15H2,1-6H3. The summed E-state index contributed by atoms with van der Waals surface area (Å²) in [6.45, 7) is 12.7. The summed E-state index contributed by atoms with van der Waals surface area (Å²) in [6.07, 6.45) is -5.15. The van der Waals surface area contributed by atoms with Crippen LogP contribution in [0.3, 0.4) is 0 Å². The number of nitrogens with zero attached hydrogens (tertiary/aromatic N) is 2. The summed E-state index contributed by atoms with van der Waals surface area (Å²) in [5.74, 6) is -0.575. The molecule has 1 aliphatic rings. The maximum Gasteiger partial charge on any atom is 0.416 e. The van der Waals surface area contributed by atoms with Crippen molar-refractivity contribution in [3.63, 3.8) is 0 Å². The van der Waals surface area contributed by atoms with E-state index in [2.05, 4.69) is 0 Å². The summed E-state index contributed by atoms with van der Waals surface area (Å²) in [7, 11) is 0. The van der Waals surface area contributed by atoms with Gasteiger partial charge in [-0.1, -0.05) is 6.07 Å². The average Bonchev–Trinajstić information content (AvgIpc) is 2.58. The van der Waals surface area contributed by atoms with Gasteiger partial charge in [0, 0.05) is 32.7 Å². The summed E-state index contributed by atoms with van der Waals surface area (Å²) < 4.78 is 50.9. The van der Waals surface area contributed by atoms with Gasteiger partial charge in [-0.15, -0.1) is 0 Å². The fourth-order valence-electron chi connectivity index (χ4n) is 3.34. The molecule has 0 unspecified atom stereocenters. The van der Waals surface area contributed by atoms with Crippen LogP contribution in [0.2, 0.25) is 0 Å². The molecule has 0 N–H and O–H groups in total. The molecule has 1 aromatic carbocycles. The molecule has 1 heterocycles. The van der Waals surface area contributed by atoms with Crippen molar-refractivity contribution in [2.24, 2.45) is 0 Å². The van der Waals surface area contributed by atoms with Crippen LogP contribution in [0.5, 0.6) is 0 Å². The molecule has 1 aliphatic heterocycles. The molecule has 0 aliphatic carbocycles. The first-order chi connectivity index (χ1) is 14.5. The number of ether oxygens (including phenoxy) is 2. The van der Waals surface area contributed by atoms with Gasteiger partial charge in [-0.25, -0.2) is 4.79 Å². The zero-order chi connectivity index (χ0) is 24.3. The largest absolute Gasteiger partial charge is 0.460 e. The molecule has 9 heteroatoms. The molecule has 0 aromatic heterocycles. The third-order valence-electron chi connectivity index (χ3n) is 4.58. The SMILES string of the molecule is CC(C)(C)OC(=O)Cc1cc(CN2CCN(C(=O)OC(C)(C)C)CC2)cc(C(F)(F)F)c1. The van der Waals surface area contributed by atoms with Gasteiger partial charge in [0.15, 0.2) is 0 Å². The van der Waals surface area contributed by atoms with E-state index in [1.165, 1.54) is 0 Å². The molecule has 6 nitrogen and oxygen atoms in total. The second-order valence-corrected chi connectivity index (χ2v) is 10.0. The molecule has 0 spiro atoms. The maximum absolute atomic E-state index is 13.4. The van der Waals surface area contributed by atoms with Gasteiger partial charge < -0.3 is 14.4 Å². The van der Waals surface area contributed by atoms with Crippen LogP contribution >= 0.6 is 0 Å². The molecular weight excluding hydrogens is 425 g/mol. The van der Waals surface area contributed by atoms with E-state index in [-0.39, 0.29) is 18.5 Å². The Morgan fingerprint density at radius 2 is 1.38 bits per heavy atom. The molecule has 2 rings (SSSR count). The first-order valence-corrected chi connectivity index (χ1v) is 10.6. The van der Waals surface area contributed by atoms with Crippen molar-refractivity contribution in [3.8, 4) is 0 Å². The summed E-state index contributed by atoms with van der Waals surface area (Å²) in [4.78, 5) is 27.9. The number of amides is 1. The Hall–Kier alpha value is -2.29. The van der Waals surface area contributed by atoms with Crippen molar-refractivity contribution in [3.05, 3.63) is 34.9 Å². The van der Waals surface area contributed by atoms with Gasteiger partial charge in [-0.05, 0) is 64.8 Å². The molecule has 1 amide bonds. The van der Waals surface area contributed by atoms with Crippen LogP contribution in [0.1, 0.15) is 58.2 Å². The molecule has 0 saturated carbocycles. The summed E-state index contributed by atoms with van der Waals surface area (Å²) >= 11 is 0. The van der Waals surface area contributed by atoms with Gasteiger partial charge in [-0.3, -0.25) is 9.69 Å². The van der Waals surface area contributed by atoms with Gasteiger partial charge in [-0.2, -0.15) is 13.2 Å². The van der Waals surface area contributed by atoms with Crippen LogP contribution in [0, 0.1) is 0 Å². The number of carbonyl (C=O) groups is 2. The lowest BCUT2D eigenvalue weighted by molar-refractivity contribution is -0.154. The first-order valence-electron chi connectivity index (χ1n) is 10.6. The van der Waals surface area contributed by atoms with Gasteiger partial charge in [0.25, 0.3) is 0 Å². The molecule has 0 bridgehead atoms. The Kier molecular flexibility index (Phi) is 7.86. The number of hydrogen-bond acceptors (Lipinski definition) is 5. The maximum atomic E-state index is 13.4. The predicted molar refractivity (Wildman–Crippen MR) is 114 cm³/mol. The van der Waals surface area contributed by atoms with Gasteiger partial charge in [0.1, 0.15) is 11.2 Å². The highest BCUT2D eigenvalue weighted by Crippen LogP contribution is 2.31. The number of alkyl halides is 3. The molecule has 1 aromatic rings. The molecular formula is C23H33F3N2O4. The Labute approximate surface area is 187 Å². The van der Waals surface area contributed by atoms with Crippen LogP contribution in [0.15, 0.2) is 18.2 Å². The highest BCUT2D eigenvalue weighted by Gasteiger charge is 2.32. The third-order valence-corrected chi connectivity index (χ3v) is 4.58. The van der Waals surface area contributed by atoms with Gasteiger partial charge in [0.05, 0.1) is 12.0 Å². The molecule has 1 saturated heterocycles. The van der Waals surface area contributed by atoms with Crippen molar-refractivity contribution >= 4 is 12.1 Å². The van der Waals surface area contributed by atoms with Crippen LogP contribution in [-0.2, 0) is 33.4 Å². The monoisotopic (exact) mass is 458 g/mol. The van der Waals surface area contributed by atoms with Crippen molar-refractivity contribution in [1.82, 2.24) is 9.80 Å². The van der Waals surface area contributed by atoms with E-state index in [0.29, 0.717) is 31.7 Å². The number of piperazine rings is 1. The summed E-state index contributed by atoms with van der Waals surface area (Å²) in [5.41, 5.74) is -1.37. The van der Waals surface area contributed by atoms with E-state index < -0.39 is 35.0 Å². The van der Waals surface area contributed by atoms with E-state index in [0.717, 1.165) is 12.1 Å².